The van der Waals surface area contributed by atoms with Gasteiger partial charge in [0.1, 0.15) is 6.54 Å². The molecular formula is C10H12F3NOS. The molecule has 0 spiro atoms. The van der Waals surface area contributed by atoms with Gasteiger partial charge in [0.15, 0.2) is 0 Å². The number of amides is 1. The zero-order valence-corrected chi connectivity index (χ0v) is 9.78. The van der Waals surface area contributed by atoms with E-state index in [0.29, 0.717) is 6.42 Å². The molecule has 2 nitrogen and oxygen atoms in total. The summed E-state index contributed by atoms with van der Waals surface area (Å²) in [6, 6.07) is -0.336. The minimum atomic E-state index is -4.34. The minimum Gasteiger partial charge on any atom is -0.329 e. The van der Waals surface area contributed by atoms with E-state index >= 15 is 0 Å². The van der Waals surface area contributed by atoms with Crippen LogP contribution < -0.4 is 0 Å². The summed E-state index contributed by atoms with van der Waals surface area (Å²) in [7, 11) is 0. The van der Waals surface area contributed by atoms with Gasteiger partial charge in [0.2, 0.25) is 5.91 Å². The van der Waals surface area contributed by atoms with Crippen LogP contribution in [0, 0.1) is 11.3 Å². The summed E-state index contributed by atoms with van der Waals surface area (Å²) in [6.07, 6.45) is -3.90. The zero-order valence-electron chi connectivity index (χ0n) is 8.97. The molecule has 0 aromatic heterocycles. The molecule has 16 heavy (non-hydrogen) atoms. The van der Waals surface area contributed by atoms with Crippen molar-refractivity contribution >= 4 is 23.0 Å². The molecule has 2 aliphatic rings. The van der Waals surface area contributed by atoms with Gasteiger partial charge in [-0.15, -0.1) is 0 Å². The second-order valence-corrected chi connectivity index (χ2v) is 5.51. The van der Waals surface area contributed by atoms with Gasteiger partial charge in [-0.25, -0.2) is 0 Å². The molecule has 2 atom stereocenters. The van der Waals surface area contributed by atoms with Gasteiger partial charge in [0.25, 0.3) is 0 Å². The fraction of sp³-hybridized carbons (Fsp3) is 0.800. The lowest BCUT2D eigenvalue weighted by atomic mass is 9.67. The third-order valence-corrected chi connectivity index (χ3v) is 3.90. The smallest absolute Gasteiger partial charge is 0.329 e. The van der Waals surface area contributed by atoms with Crippen LogP contribution in [0.15, 0.2) is 0 Å². The summed E-state index contributed by atoms with van der Waals surface area (Å²) >= 11 is 5.06. The Morgan fingerprint density at radius 2 is 2.06 bits per heavy atom. The monoisotopic (exact) mass is 251 g/mol. The zero-order chi connectivity index (χ0) is 12.3. The molecule has 0 radical (unpaired) electrons. The van der Waals surface area contributed by atoms with Crippen molar-refractivity contribution in [3.05, 3.63) is 0 Å². The molecule has 0 bridgehead atoms. The van der Waals surface area contributed by atoms with Gasteiger partial charge in [-0.05, 0) is 0 Å². The van der Waals surface area contributed by atoms with E-state index in [1.165, 1.54) is 0 Å². The number of hydrogen-bond acceptors (Lipinski definition) is 2. The number of likely N-dealkylation sites (tertiary alicyclic amines) is 1. The second-order valence-electron chi connectivity index (χ2n) is 4.99. The Morgan fingerprint density at radius 3 is 2.44 bits per heavy atom. The summed E-state index contributed by atoms with van der Waals surface area (Å²) in [5, 5.41) is 0. The first kappa shape index (κ1) is 11.8. The Morgan fingerprint density at radius 1 is 1.50 bits per heavy atom. The predicted octanol–water partition coefficient (Wildman–Crippen LogP) is 2.18. The predicted molar refractivity (Wildman–Crippen MR) is 56.0 cm³/mol. The maximum atomic E-state index is 12.3. The lowest BCUT2D eigenvalue weighted by molar-refractivity contribution is -0.163. The summed E-state index contributed by atoms with van der Waals surface area (Å²) in [5.41, 5.74) is -0.773. The lowest BCUT2D eigenvalue weighted by Gasteiger charge is -2.39. The van der Waals surface area contributed by atoms with Gasteiger partial charge in [-0.1, -0.05) is 26.1 Å². The van der Waals surface area contributed by atoms with Gasteiger partial charge in [0, 0.05) is 23.2 Å². The van der Waals surface area contributed by atoms with Crippen LogP contribution in [0.25, 0.3) is 0 Å². The van der Waals surface area contributed by atoms with Crippen molar-refractivity contribution in [2.24, 2.45) is 11.3 Å². The van der Waals surface area contributed by atoms with E-state index in [1.54, 1.807) is 13.8 Å². The maximum absolute atomic E-state index is 12.3. The number of fused-ring (bicyclic) bond motifs is 1. The summed E-state index contributed by atoms with van der Waals surface area (Å²) in [4.78, 5) is 13.6. The van der Waals surface area contributed by atoms with Crippen molar-refractivity contribution in [1.29, 1.82) is 0 Å². The number of halogens is 3. The fourth-order valence-electron chi connectivity index (χ4n) is 2.71. The van der Waals surface area contributed by atoms with Gasteiger partial charge in [-0.3, -0.25) is 4.79 Å². The molecular weight excluding hydrogens is 239 g/mol. The third kappa shape index (κ3) is 1.54. The Balaban J connectivity index is 2.24. The van der Waals surface area contributed by atoms with Crippen LogP contribution in [-0.4, -0.2) is 34.4 Å². The van der Waals surface area contributed by atoms with Crippen molar-refractivity contribution < 1.29 is 18.0 Å². The Hall–Kier alpha value is -0.650. The first-order valence-electron chi connectivity index (χ1n) is 5.05. The molecule has 6 heteroatoms. The molecule has 1 saturated carbocycles. The second kappa shape index (κ2) is 3.18. The highest BCUT2D eigenvalue weighted by Gasteiger charge is 2.61. The standard InChI is InChI=1S/C10H12F3NOS/c1-9(2)7-5(3-6(7)16)14(8(9)15)4-10(11,12)13/h5,7H,3-4H2,1-2H3. The number of alkyl halides is 3. The van der Waals surface area contributed by atoms with Crippen LogP contribution >= 0.6 is 12.2 Å². The number of nitrogens with zero attached hydrogens (tertiary/aromatic N) is 1. The molecule has 2 rings (SSSR count). The maximum Gasteiger partial charge on any atom is 0.406 e. The molecule has 1 amide bonds. The molecule has 1 heterocycles. The Bertz CT molecular complexity index is 364. The number of hydrogen-bond donors (Lipinski definition) is 0. The number of thiocarbonyl (C=S) groups is 1. The molecule has 0 aromatic rings. The molecule has 0 N–H and O–H groups in total. The highest BCUT2D eigenvalue weighted by molar-refractivity contribution is 7.80. The van der Waals surface area contributed by atoms with Crippen LogP contribution in [0.3, 0.4) is 0 Å². The Labute approximate surface area is 96.8 Å². The quantitative estimate of drug-likeness (QED) is 0.666. The van der Waals surface area contributed by atoms with E-state index in [9.17, 15) is 18.0 Å². The third-order valence-electron chi connectivity index (χ3n) is 3.48. The number of carbonyl (C=O) groups is 1. The summed E-state index contributed by atoms with van der Waals surface area (Å²) in [5.74, 6) is -0.614. The van der Waals surface area contributed by atoms with Gasteiger partial charge in [0.05, 0.1) is 5.41 Å². The van der Waals surface area contributed by atoms with Crippen molar-refractivity contribution in [1.82, 2.24) is 4.90 Å². The van der Waals surface area contributed by atoms with Crippen molar-refractivity contribution in [2.75, 3.05) is 6.54 Å². The van der Waals surface area contributed by atoms with E-state index in [-0.39, 0.29) is 12.0 Å². The van der Waals surface area contributed by atoms with E-state index in [4.69, 9.17) is 12.2 Å². The topological polar surface area (TPSA) is 20.3 Å². The number of carbonyl (C=O) groups excluding carboxylic acids is 1. The number of rotatable bonds is 1. The molecule has 2 unspecified atom stereocenters. The molecule has 2 fully saturated rings. The highest BCUT2D eigenvalue weighted by Crippen LogP contribution is 2.50. The Kier molecular flexibility index (Phi) is 2.35. The minimum absolute atomic E-state index is 0.183. The molecule has 1 aliphatic carbocycles. The van der Waals surface area contributed by atoms with Crippen LogP contribution in [0.2, 0.25) is 0 Å². The van der Waals surface area contributed by atoms with E-state index in [0.717, 1.165) is 9.76 Å². The van der Waals surface area contributed by atoms with E-state index in [1.807, 2.05) is 0 Å². The van der Waals surface area contributed by atoms with E-state index < -0.39 is 24.0 Å². The normalized spacial score (nSPS) is 32.7. The van der Waals surface area contributed by atoms with Crippen LogP contribution in [0.5, 0.6) is 0 Å². The SMILES string of the molecule is CC1(C)C(=O)N(CC(F)(F)F)C2CC(=S)C21. The summed E-state index contributed by atoms with van der Waals surface area (Å²) < 4.78 is 37.0. The first-order valence-corrected chi connectivity index (χ1v) is 5.46. The largest absolute Gasteiger partial charge is 0.406 e. The van der Waals surface area contributed by atoms with Crippen molar-refractivity contribution in [3.8, 4) is 0 Å². The van der Waals surface area contributed by atoms with E-state index in [2.05, 4.69) is 0 Å². The molecule has 90 valence electrons. The molecule has 1 aliphatic heterocycles. The lowest BCUT2D eigenvalue weighted by Crippen LogP contribution is -2.49. The summed E-state index contributed by atoms with van der Waals surface area (Å²) in [6.45, 7) is 2.20. The fourth-order valence-corrected chi connectivity index (χ4v) is 3.34. The van der Waals surface area contributed by atoms with Gasteiger partial charge < -0.3 is 4.90 Å². The van der Waals surface area contributed by atoms with Crippen LogP contribution in [0.1, 0.15) is 20.3 Å². The molecule has 0 aromatic carbocycles. The van der Waals surface area contributed by atoms with Gasteiger partial charge in [-0.2, -0.15) is 13.2 Å². The van der Waals surface area contributed by atoms with Crippen molar-refractivity contribution in [3.63, 3.8) is 0 Å². The van der Waals surface area contributed by atoms with Crippen LogP contribution in [0.4, 0.5) is 13.2 Å². The average molecular weight is 251 g/mol. The highest BCUT2D eigenvalue weighted by atomic mass is 32.1. The first-order chi connectivity index (χ1) is 7.14. The van der Waals surface area contributed by atoms with Crippen LogP contribution in [-0.2, 0) is 4.79 Å². The van der Waals surface area contributed by atoms with Crippen molar-refractivity contribution in [2.45, 2.75) is 32.5 Å². The van der Waals surface area contributed by atoms with Gasteiger partial charge >= 0.3 is 6.18 Å². The molecule has 1 saturated heterocycles. The average Bonchev–Trinajstić information content (AvgIpc) is 2.19.